The van der Waals surface area contributed by atoms with E-state index >= 15 is 0 Å². The molecule has 0 saturated heterocycles. The van der Waals surface area contributed by atoms with Gasteiger partial charge in [0.1, 0.15) is 4.90 Å². The number of sulfonamides is 2. The van der Waals surface area contributed by atoms with E-state index in [9.17, 15) is 21.6 Å². The fraction of sp³-hybridized carbons (Fsp3) is 0.133. The highest BCUT2D eigenvalue weighted by atomic mass is 35.5. The summed E-state index contributed by atoms with van der Waals surface area (Å²) >= 11 is 11.7. The zero-order valence-electron chi connectivity index (χ0n) is 13.8. The number of nitrogens with two attached hydrogens (primary N) is 1. The average molecular weight is 452 g/mol. The Morgan fingerprint density at radius 2 is 1.63 bits per heavy atom. The molecule has 8 nitrogen and oxygen atoms in total. The third-order valence-corrected chi connectivity index (χ3v) is 6.54. The van der Waals surface area contributed by atoms with E-state index in [2.05, 4.69) is 10.0 Å². The molecule has 2 aromatic carbocycles. The Labute approximate surface area is 166 Å². The Bertz CT molecular complexity index is 1070. The fourth-order valence-corrected chi connectivity index (χ4v) is 4.49. The van der Waals surface area contributed by atoms with Gasteiger partial charge in [0, 0.05) is 10.7 Å². The molecule has 0 saturated carbocycles. The molecule has 0 heterocycles. The number of hydrogen-bond donors (Lipinski definition) is 3. The molecule has 0 aliphatic rings. The first-order valence-electron chi connectivity index (χ1n) is 7.31. The Morgan fingerprint density at radius 1 is 1.04 bits per heavy atom. The van der Waals surface area contributed by atoms with E-state index in [0.29, 0.717) is 0 Å². The van der Waals surface area contributed by atoms with Crippen LogP contribution in [0.25, 0.3) is 0 Å². The summed E-state index contributed by atoms with van der Waals surface area (Å²) in [5.41, 5.74) is 0.263. The fourth-order valence-electron chi connectivity index (χ4n) is 2.01. The van der Waals surface area contributed by atoms with Crippen LogP contribution >= 0.6 is 23.2 Å². The minimum absolute atomic E-state index is 0.0434. The summed E-state index contributed by atoms with van der Waals surface area (Å²) in [7, 11) is -7.95. The van der Waals surface area contributed by atoms with Crippen LogP contribution in [0.3, 0.4) is 0 Å². The molecule has 146 valence electrons. The van der Waals surface area contributed by atoms with Crippen molar-refractivity contribution in [1.82, 2.24) is 4.72 Å². The molecule has 1 atom stereocenters. The SMILES string of the molecule is CC(NS(=O)(=O)c1cc(Cl)ccc1Cl)C(=O)Nc1ccc(S(N)(=O)=O)cc1. The first kappa shape index (κ1) is 21.6. The number of benzene rings is 2. The van der Waals surface area contributed by atoms with Gasteiger partial charge < -0.3 is 5.32 Å². The van der Waals surface area contributed by atoms with Gasteiger partial charge in [-0.05, 0) is 49.4 Å². The van der Waals surface area contributed by atoms with Gasteiger partial charge in [0.25, 0.3) is 0 Å². The number of hydrogen-bond acceptors (Lipinski definition) is 5. The maximum absolute atomic E-state index is 12.4. The summed E-state index contributed by atoms with van der Waals surface area (Å²) in [4.78, 5) is 11.8. The van der Waals surface area contributed by atoms with Crippen LogP contribution in [0.5, 0.6) is 0 Å². The molecule has 2 aromatic rings. The van der Waals surface area contributed by atoms with Gasteiger partial charge in [0.15, 0.2) is 0 Å². The minimum Gasteiger partial charge on any atom is -0.325 e. The summed E-state index contributed by atoms with van der Waals surface area (Å²) < 4.78 is 49.4. The molecule has 12 heteroatoms. The van der Waals surface area contributed by atoms with Gasteiger partial charge in [-0.3, -0.25) is 4.79 Å². The van der Waals surface area contributed by atoms with Crippen LogP contribution in [0, 0.1) is 0 Å². The Balaban J connectivity index is 2.12. The van der Waals surface area contributed by atoms with E-state index in [1.807, 2.05) is 0 Å². The number of halogens is 2. The van der Waals surface area contributed by atoms with Crippen LogP contribution in [0.2, 0.25) is 10.0 Å². The maximum atomic E-state index is 12.4. The summed E-state index contributed by atoms with van der Waals surface area (Å²) in [6, 6.07) is 7.86. The first-order chi connectivity index (χ1) is 12.4. The van der Waals surface area contributed by atoms with Crippen LogP contribution in [-0.4, -0.2) is 28.8 Å². The van der Waals surface area contributed by atoms with Crippen molar-refractivity contribution in [2.75, 3.05) is 5.32 Å². The molecule has 0 aliphatic carbocycles. The molecule has 0 aromatic heterocycles. The van der Waals surface area contributed by atoms with Crippen molar-refractivity contribution >= 4 is 54.8 Å². The maximum Gasteiger partial charge on any atom is 0.242 e. The second-order valence-electron chi connectivity index (χ2n) is 5.48. The number of carbonyl (C=O) groups excluding carboxylic acids is 1. The van der Waals surface area contributed by atoms with Gasteiger partial charge in [-0.25, -0.2) is 22.0 Å². The lowest BCUT2D eigenvalue weighted by atomic mass is 10.3. The minimum atomic E-state index is -4.10. The van der Waals surface area contributed by atoms with E-state index in [4.69, 9.17) is 28.3 Å². The lowest BCUT2D eigenvalue weighted by Crippen LogP contribution is -2.41. The Morgan fingerprint density at radius 3 is 2.19 bits per heavy atom. The van der Waals surface area contributed by atoms with Crippen molar-refractivity contribution in [2.24, 2.45) is 5.14 Å². The van der Waals surface area contributed by atoms with Crippen molar-refractivity contribution in [2.45, 2.75) is 22.8 Å². The van der Waals surface area contributed by atoms with Gasteiger partial charge in [-0.15, -0.1) is 0 Å². The standard InChI is InChI=1S/C15H15Cl2N3O5S2/c1-9(20-27(24,25)14-8-10(16)2-7-13(14)17)15(21)19-11-3-5-12(6-4-11)26(18,22)23/h2-9,20H,1H3,(H,19,21)(H2,18,22,23). The van der Waals surface area contributed by atoms with Crippen molar-refractivity contribution in [3.63, 3.8) is 0 Å². The number of rotatable bonds is 6. The normalized spacial score (nSPS) is 13.2. The quantitative estimate of drug-likeness (QED) is 0.616. The van der Waals surface area contributed by atoms with Crippen LogP contribution in [0.1, 0.15) is 6.92 Å². The highest BCUT2D eigenvalue weighted by Crippen LogP contribution is 2.25. The number of carbonyl (C=O) groups is 1. The lowest BCUT2D eigenvalue weighted by molar-refractivity contribution is -0.117. The molecule has 27 heavy (non-hydrogen) atoms. The lowest BCUT2D eigenvalue weighted by Gasteiger charge is -2.15. The molecule has 1 amide bonds. The number of nitrogens with one attached hydrogen (secondary N) is 2. The number of amides is 1. The largest absolute Gasteiger partial charge is 0.325 e. The van der Waals surface area contributed by atoms with Gasteiger partial charge in [-0.1, -0.05) is 23.2 Å². The molecule has 0 aliphatic heterocycles. The van der Waals surface area contributed by atoms with E-state index in [1.54, 1.807) is 0 Å². The molecule has 2 rings (SSSR count). The van der Waals surface area contributed by atoms with Crippen LogP contribution < -0.4 is 15.2 Å². The Hall–Kier alpha value is -1.69. The predicted octanol–water partition coefficient (Wildman–Crippen LogP) is 1.95. The number of anilines is 1. The van der Waals surface area contributed by atoms with Gasteiger partial charge in [0.05, 0.1) is 16.0 Å². The third-order valence-electron chi connectivity index (χ3n) is 3.36. The van der Waals surface area contributed by atoms with Crippen molar-refractivity contribution < 1.29 is 21.6 Å². The van der Waals surface area contributed by atoms with E-state index < -0.39 is 32.0 Å². The summed E-state index contributed by atoms with van der Waals surface area (Å²) in [6.45, 7) is 1.34. The first-order valence-corrected chi connectivity index (χ1v) is 11.1. The van der Waals surface area contributed by atoms with Gasteiger partial charge >= 0.3 is 0 Å². The zero-order chi connectivity index (χ0) is 20.4. The average Bonchev–Trinajstić information content (AvgIpc) is 2.56. The van der Waals surface area contributed by atoms with Gasteiger partial charge in [0.2, 0.25) is 26.0 Å². The molecule has 0 radical (unpaired) electrons. The molecule has 0 fully saturated rings. The monoisotopic (exact) mass is 451 g/mol. The molecule has 0 spiro atoms. The summed E-state index contributed by atoms with van der Waals surface area (Å²) in [6.07, 6.45) is 0. The predicted molar refractivity (Wildman–Crippen MR) is 103 cm³/mol. The van der Waals surface area contributed by atoms with Crippen molar-refractivity contribution in [3.8, 4) is 0 Å². The smallest absolute Gasteiger partial charge is 0.242 e. The Kier molecular flexibility index (Phi) is 6.51. The zero-order valence-corrected chi connectivity index (χ0v) is 17.0. The highest BCUT2D eigenvalue weighted by molar-refractivity contribution is 7.89. The second kappa shape index (κ2) is 8.13. The van der Waals surface area contributed by atoms with E-state index in [1.165, 1.54) is 49.4 Å². The molecular weight excluding hydrogens is 437 g/mol. The molecule has 0 bridgehead atoms. The van der Waals surface area contributed by atoms with E-state index in [-0.39, 0.29) is 25.5 Å². The highest BCUT2D eigenvalue weighted by Gasteiger charge is 2.24. The molecule has 4 N–H and O–H groups in total. The van der Waals surface area contributed by atoms with E-state index in [0.717, 1.165) is 0 Å². The molecule has 1 unspecified atom stereocenters. The number of primary sulfonamides is 1. The van der Waals surface area contributed by atoms with Crippen LogP contribution in [0.15, 0.2) is 52.3 Å². The molecular formula is C15H15Cl2N3O5S2. The van der Waals surface area contributed by atoms with Crippen molar-refractivity contribution in [3.05, 3.63) is 52.5 Å². The summed E-state index contributed by atoms with van der Waals surface area (Å²) in [5.74, 6) is -0.667. The van der Waals surface area contributed by atoms with Crippen LogP contribution in [0.4, 0.5) is 5.69 Å². The van der Waals surface area contributed by atoms with Gasteiger partial charge in [-0.2, -0.15) is 4.72 Å². The summed E-state index contributed by atoms with van der Waals surface area (Å²) in [5, 5.41) is 7.58. The second-order valence-corrected chi connectivity index (χ2v) is 9.56. The van der Waals surface area contributed by atoms with Crippen LogP contribution in [-0.2, 0) is 24.8 Å². The topological polar surface area (TPSA) is 135 Å². The third kappa shape index (κ3) is 5.64. The van der Waals surface area contributed by atoms with Crippen molar-refractivity contribution in [1.29, 1.82) is 0 Å².